The highest BCUT2D eigenvalue weighted by Gasteiger charge is 2.38. The van der Waals surface area contributed by atoms with Gasteiger partial charge in [-0.15, -0.1) is 0 Å². The van der Waals surface area contributed by atoms with Gasteiger partial charge in [-0.1, -0.05) is 11.6 Å². The number of hydrogen-bond acceptors (Lipinski definition) is 4. The quantitative estimate of drug-likeness (QED) is 0.865. The van der Waals surface area contributed by atoms with Gasteiger partial charge in [0.1, 0.15) is 6.54 Å². The molecule has 136 valence electrons. The molecule has 0 saturated heterocycles. The summed E-state index contributed by atoms with van der Waals surface area (Å²) < 4.78 is 49.5. The molecule has 0 aliphatic heterocycles. The predicted molar refractivity (Wildman–Crippen MR) is 85.2 cm³/mol. The van der Waals surface area contributed by atoms with E-state index in [1.165, 1.54) is 27.2 Å². The highest BCUT2D eigenvalue weighted by Crippen LogP contribution is 2.35. The molecule has 0 unspecified atom stereocenters. The molecule has 0 aliphatic carbocycles. The second-order valence-electron chi connectivity index (χ2n) is 5.02. The molecular weight excluding hydrogens is 363 g/mol. The van der Waals surface area contributed by atoms with Crippen molar-refractivity contribution in [2.24, 2.45) is 0 Å². The molecule has 1 aromatic carbocycles. The molecule has 1 heterocycles. The van der Waals surface area contributed by atoms with Gasteiger partial charge in [0.2, 0.25) is 5.91 Å². The number of hydrogen-bond donors (Lipinski definition) is 1. The van der Waals surface area contributed by atoms with Crippen molar-refractivity contribution in [1.82, 2.24) is 9.78 Å². The first kappa shape index (κ1) is 18.9. The molecule has 10 heteroatoms. The van der Waals surface area contributed by atoms with Crippen LogP contribution in [0.4, 0.5) is 18.9 Å². The Bertz CT molecular complexity index is 790. The van der Waals surface area contributed by atoms with Crippen molar-refractivity contribution in [1.29, 1.82) is 0 Å². The van der Waals surface area contributed by atoms with Crippen molar-refractivity contribution < 1.29 is 27.4 Å². The summed E-state index contributed by atoms with van der Waals surface area (Å²) in [4.78, 5) is 12.1. The van der Waals surface area contributed by atoms with Crippen LogP contribution in [0.5, 0.6) is 11.5 Å². The summed E-state index contributed by atoms with van der Waals surface area (Å²) in [5.41, 5.74) is -0.767. The maximum Gasteiger partial charge on any atom is 0.436 e. The van der Waals surface area contributed by atoms with Crippen LogP contribution in [0.1, 0.15) is 11.4 Å². The van der Waals surface area contributed by atoms with Crippen molar-refractivity contribution >= 4 is 23.2 Å². The van der Waals surface area contributed by atoms with Crippen LogP contribution in [0, 0.1) is 6.92 Å². The molecule has 0 spiro atoms. The lowest BCUT2D eigenvalue weighted by Crippen LogP contribution is -2.20. The first-order valence-corrected chi connectivity index (χ1v) is 7.37. The fraction of sp³-hybridized carbons (Fsp3) is 0.333. The highest BCUT2D eigenvalue weighted by molar-refractivity contribution is 6.32. The van der Waals surface area contributed by atoms with Crippen LogP contribution in [0.2, 0.25) is 5.02 Å². The number of rotatable bonds is 5. The van der Waals surface area contributed by atoms with Gasteiger partial charge < -0.3 is 14.8 Å². The lowest BCUT2D eigenvalue weighted by Gasteiger charge is -2.11. The maximum absolute atomic E-state index is 12.8. The molecule has 0 fully saturated rings. The molecular formula is C15H15ClF3N3O3. The standard InChI is InChI=1S/C15H15ClF3N3O3/c1-8-13(16)14(15(17,18)19)21-22(8)7-12(23)20-9-4-5-10(24-2)11(6-9)25-3/h4-6H,7H2,1-3H3,(H,20,23). The molecule has 1 N–H and O–H groups in total. The zero-order chi connectivity index (χ0) is 18.8. The van der Waals surface area contributed by atoms with Crippen molar-refractivity contribution in [2.75, 3.05) is 19.5 Å². The van der Waals surface area contributed by atoms with Crippen LogP contribution in [-0.4, -0.2) is 29.9 Å². The number of alkyl halides is 3. The van der Waals surface area contributed by atoms with Crippen LogP contribution in [-0.2, 0) is 17.5 Å². The Morgan fingerprint density at radius 3 is 2.44 bits per heavy atom. The Morgan fingerprint density at radius 2 is 1.92 bits per heavy atom. The number of amides is 1. The molecule has 0 atom stereocenters. The zero-order valence-corrected chi connectivity index (χ0v) is 14.3. The van der Waals surface area contributed by atoms with Crippen LogP contribution < -0.4 is 14.8 Å². The summed E-state index contributed by atoms with van der Waals surface area (Å²) in [6.45, 7) is 0.935. The van der Waals surface area contributed by atoms with Gasteiger partial charge in [0.25, 0.3) is 0 Å². The Labute approximate surface area is 146 Å². The maximum atomic E-state index is 12.8. The van der Waals surface area contributed by atoms with Gasteiger partial charge in [-0.2, -0.15) is 18.3 Å². The minimum Gasteiger partial charge on any atom is -0.493 e. The van der Waals surface area contributed by atoms with E-state index in [1.807, 2.05) is 0 Å². The number of carbonyl (C=O) groups excluding carboxylic acids is 1. The third-order valence-electron chi connectivity index (χ3n) is 3.36. The fourth-order valence-electron chi connectivity index (χ4n) is 2.11. The number of benzene rings is 1. The number of nitrogens with one attached hydrogen (secondary N) is 1. The Balaban J connectivity index is 2.16. The van der Waals surface area contributed by atoms with Crippen molar-refractivity contribution in [3.05, 3.63) is 34.6 Å². The third-order valence-corrected chi connectivity index (χ3v) is 3.82. The number of carbonyl (C=O) groups is 1. The SMILES string of the molecule is COc1ccc(NC(=O)Cn2nc(C(F)(F)F)c(Cl)c2C)cc1OC. The van der Waals surface area contributed by atoms with Crippen molar-refractivity contribution in [3.63, 3.8) is 0 Å². The predicted octanol–water partition coefficient (Wildman–Crippen LogP) is 3.52. The van der Waals surface area contributed by atoms with E-state index >= 15 is 0 Å². The Kier molecular flexibility index (Phi) is 5.46. The lowest BCUT2D eigenvalue weighted by atomic mass is 10.2. The van der Waals surface area contributed by atoms with E-state index < -0.39 is 29.3 Å². The van der Waals surface area contributed by atoms with Crippen LogP contribution in [0.15, 0.2) is 18.2 Å². The lowest BCUT2D eigenvalue weighted by molar-refractivity contribution is -0.141. The van der Waals surface area contributed by atoms with Gasteiger partial charge in [-0.25, -0.2) is 0 Å². The normalized spacial score (nSPS) is 11.3. The average molecular weight is 378 g/mol. The van der Waals surface area contributed by atoms with E-state index in [0.717, 1.165) is 4.68 Å². The first-order chi connectivity index (χ1) is 11.7. The summed E-state index contributed by atoms with van der Waals surface area (Å²) in [6, 6.07) is 4.69. The molecule has 2 aromatic rings. The summed E-state index contributed by atoms with van der Waals surface area (Å²) >= 11 is 5.65. The molecule has 1 amide bonds. The second kappa shape index (κ2) is 7.22. The third kappa shape index (κ3) is 4.16. The van der Waals surface area contributed by atoms with Gasteiger partial charge in [0, 0.05) is 11.8 Å². The van der Waals surface area contributed by atoms with Gasteiger partial charge >= 0.3 is 6.18 Å². The van der Waals surface area contributed by atoms with Crippen molar-refractivity contribution in [2.45, 2.75) is 19.6 Å². The highest BCUT2D eigenvalue weighted by atomic mass is 35.5. The summed E-state index contributed by atoms with van der Waals surface area (Å²) in [5.74, 6) is 0.311. The number of anilines is 1. The molecule has 0 bridgehead atoms. The van der Waals surface area contributed by atoms with E-state index in [2.05, 4.69) is 10.4 Å². The average Bonchev–Trinajstić information content (AvgIpc) is 2.83. The van der Waals surface area contributed by atoms with Gasteiger partial charge in [-0.05, 0) is 19.1 Å². The second-order valence-corrected chi connectivity index (χ2v) is 5.40. The minimum absolute atomic E-state index is 0.0523. The van der Waals surface area contributed by atoms with E-state index in [1.54, 1.807) is 12.1 Å². The molecule has 0 aliphatic rings. The molecule has 25 heavy (non-hydrogen) atoms. The number of methoxy groups -OCH3 is 2. The van der Waals surface area contributed by atoms with Crippen LogP contribution in [0.25, 0.3) is 0 Å². The summed E-state index contributed by atoms with van der Waals surface area (Å²) in [7, 11) is 2.91. The van der Waals surface area contributed by atoms with E-state index in [0.29, 0.717) is 17.2 Å². The zero-order valence-electron chi connectivity index (χ0n) is 13.6. The number of halogens is 4. The van der Waals surface area contributed by atoms with E-state index in [4.69, 9.17) is 21.1 Å². The minimum atomic E-state index is -4.69. The first-order valence-electron chi connectivity index (χ1n) is 6.99. The fourth-order valence-corrected chi connectivity index (χ4v) is 2.35. The topological polar surface area (TPSA) is 65.4 Å². The van der Waals surface area contributed by atoms with Crippen LogP contribution in [0.3, 0.4) is 0 Å². The van der Waals surface area contributed by atoms with Crippen molar-refractivity contribution in [3.8, 4) is 11.5 Å². The summed E-state index contributed by atoms with van der Waals surface area (Å²) in [5, 5.41) is 5.41. The van der Waals surface area contributed by atoms with Gasteiger partial charge in [0.05, 0.1) is 24.9 Å². The largest absolute Gasteiger partial charge is 0.493 e. The molecule has 0 saturated carbocycles. The Hall–Kier alpha value is -2.42. The monoisotopic (exact) mass is 377 g/mol. The molecule has 2 rings (SSSR count). The number of aromatic nitrogens is 2. The molecule has 1 aromatic heterocycles. The van der Waals surface area contributed by atoms with Gasteiger partial charge in [0.15, 0.2) is 17.2 Å². The van der Waals surface area contributed by atoms with Crippen LogP contribution >= 0.6 is 11.6 Å². The van der Waals surface area contributed by atoms with E-state index in [9.17, 15) is 18.0 Å². The number of ether oxygens (including phenoxy) is 2. The molecule has 0 radical (unpaired) electrons. The summed E-state index contributed by atoms with van der Waals surface area (Å²) in [6.07, 6.45) is -4.69. The Morgan fingerprint density at radius 1 is 1.28 bits per heavy atom. The number of nitrogens with zero attached hydrogens (tertiary/aromatic N) is 2. The van der Waals surface area contributed by atoms with E-state index in [-0.39, 0.29) is 5.69 Å². The smallest absolute Gasteiger partial charge is 0.436 e. The van der Waals surface area contributed by atoms with Gasteiger partial charge in [-0.3, -0.25) is 9.48 Å². The molecule has 6 nitrogen and oxygen atoms in total.